The van der Waals surface area contributed by atoms with Crippen molar-refractivity contribution in [1.29, 1.82) is 0 Å². The molecule has 0 saturated carbocycles. The van der Waals surface area contributed by atoms with E-state index in [4.69, 9.17) is 21.1 Å². The van der Waals surface area contributed by atoms with Gasteiger partial charge >= 0.3 is 0 Å². The van der Waals surface area contributed by atoms with Gasteiger partial charge in [0, 0.05) is 31.7 Å². The summed E-state index contributed by atoms with van der Waals surface area (Å²) in [5, 5.41) is 4.11. The van der Waals surface area contributed by atoms with Gasteiger partial charge in [-0.15, -0.1) is 0 Å². The zero-order valence-corrected chi connectivity index (χ0v) is 13.4. The minimum atomic E-state index is 0.151. The van der Waals surface area contributed by atoms with Crippen LogP contribution in [-0.2, 0) is 6.54 Å². The van der Waals surface area contributed by atoms with Gasteiger partial charge < -0.3 is 14.8 Å². The quantitative estimate of drug-likeness (QED) is 0.926. The number of ether oxygens (including phenoxy) is 2. The number of methoxy groups -OCH3 is 2. The maximum atomic E-state index is 6.25. The first-order chi connectivity index (χ1) is 9.45. The van der Waals surface area contributed by atoms with Crippen molar-refractivity contribution in [3.05, 3.63) is 22.7 Å². The molecule has 0 spiro atoms. The Hall–Kier alpha value is -0.970. The first-order valence-electron chi connectivity index (χ1n) is 6.83. The minimum Gasteiger partial charge on any atom is -0.493 e. The van der Waals surface area contributed by atoms with E-state index in [1.54, 1.807) is 14.2 Å². The molecule has 5 heteroatoms. The second-order valence-corrected chi connectivity index (χ2v) is 6.24. The Morgan fingerprint density at radius 2 is 2.05 bits per heavy atom. The molecule has 0 aliphatic carbocycles. The molecule has 0 radical (unpaired) electrons. The minimum absolute atomic E-state index is 0.151. The van der Waals surface area contributed by atoms with Gasteiger partial charge in [0.05, 0.1) is 19.2 Å². The summed E-state index contributed by atoms with van der Waals surface area (Å²) in [6.07, 6.45) is 0. The van der Waals surface area contributed by atoms with Crippen LogP contribution < -0.4 is 14.8 Å². The maximum Gasteiger partial charge on any atom is 0.179 e. The van der Waals surface area contributed by atoms with Gasteiger partial charge in [0.1, 0.15) is 0 Å². The second-order valence-electron chi connectivity index (χ2n) is 5.83. The van der Waals surface area contributed by atoms with Crippen molar-refractivity contribution in [1.82, 2.24) is 10.2 Å². The lowest BCUT2D eigenvalue weighted by molar-refractivity contribution is 0.148. The highest BCUT2D eigenvalue weighted by molar-refractivity contribution is 6.32. The Kier molecular flexibility index (Phi) is 4.78. The highest BCUT2D eigenvalue weighted by Gasteiger charge is 2.25. The molecule has 1 aliphatic heterocycles. The summed E-state index contributed by atoms with van der Waals surface area (Å²) in [7, 11) is 3.23. The predicted octanol–water partition coefficient (Wildman–Crippen LogP) is 2.54. The maximum absolute atomic E-state index is 6.25. The Labute approximate surface area is 126 Å². The third kappa shape index (κ3) is 3.57. The molecule has 4 nitrogen and oxygen atoms in total. The van der Waals surface area contributed by atoms with Gasteiger partial charge in [-0.1, -0.05) is 11.6 Å². The zero-order valence-electron chi connectivity index (χ0n) is 12.6. The van der Waals surface area contributed by atoms with Crippen LogP contribution in [0.5, 0.6) is 11.5 Å². The van der Waals surface area contributed by atoms with Gasteiger partial charge in [0.2, 0.25) is 0 Å². The smallest absolute Gasteiger partial charge is 0.179 e. The summed E-state index contributed by atoms with van der Waals surface area (Å²) in [6, 6.07) is 3.96. The lowest BCUT2D eigenvalue weighted by Crippen LogP contribution is -2.56. The van der Waals surface area contributed by atoms with Crippen LogP contribution in [0.3, 0.4) is 0 Å². The van der Waals surface area contributed by atoms with Gasteiger partial charge in [0.15, 0.2) is 11.5 Å². The first-order valence-corrected chi connectivity index (χ1v) is 7.21. The van der Waals surface area contributed by atoms with Gasteiger partial charge in [-0.25, -0.2) is 0 Å². The van der Waals surface area contributed by atoms with E-state index >= 15 is 0 Å². The molecule has 112 valence electrons. The van der Waals surface area contributed by atoms with Crippen molar-refractivity contribution in [2.24, 2.45) is 0 Å². The fourth-order valence-corrected chi connectivity index (χ4v) is 3.01. The van der Waals surface area contributed by atoms with E-state index in [2.05, 4.69) is 24.1 Å². The fraction of sp³-hybridized carbons (Fsp3) is 0.600. The van der Waals surface area contributed by atoms with Crippen molar-refractivity contribution >= 4 is 11.6 Å². The Bertz CT molecular complexity index is 477. The molecule has 0 bridgehead atoms. The summed E-state index contributed by atoms with van der Waals surface area (Å²) < 4.78 is 10.6. The number of nitrogens with one attached hydrogen (secondary N) is 1. The molecule has 0 unspecified atom stereocenters. The summed E-state index contributed by atoms with van der Waals surface area (Å²) >= 11 is 6.25. The summed E-state index contributed by atoms with van der Waals surface area (Å²) in [6.45, 7) is 8.37. The first kappa shape index (κ1) is 15.4. The normalized spacial score (nSPS) is 18.9. The van der Waals surface area contributed by atoms with E-state index in [0.29, 0.717) is 16.5 Å². The lowest BCUT2D eigenvalue weighted by atomic mass is 10.0. The molecular weight excluding hydrogens is 276 g/mol. The van der Waals surface area contributed by atoms with E-state index in [0.717, 1.165) is 31.7 Å². The molecule has 0 amide bonds. The number of hydrogen-bond acceptors (Lipinski definition) is 4. The third-order valence-electron chi connectivity index (χ3n) is 3.55. The zero-order chi connectivity index (χ0) is 14.8. The molecule has 1 N–H and O–H groups in total. The van der Waals surface area contributed by atoms with Crippen LogP contribution in [0.1, 0.15) is 19.4 Å². The van der Waals surface area contributed by atoms with Crippen LogP contribution in [0.15, 0.2) is 12.1 Å². The van der Waals surface area contributed by atoms with E-state index in [9.17, 15) is 0 Å². The van der Waals surface area contributed by atoms with Crippen LogP contribution in [0, 0.1) is 0 Å². The average Bonchev–Trinajstić information content (AvgIpc) is 2.36. The summed E-state index contributed by atoms with van der Waals surface area (Å²) in [5.74, 6) is 1.28. The molecule has 1 heterocycles. The van der Waals surface area contributed by atoms with Gasteiger partial charge in [-0.2, -0.15) is 0 Å². The van der Waals surface area contributed by atoms with E-state index in [1.165, 1.54) is 0 Å². The number of piperazine rings is 1. The molecule has 1 fully saturated rings. The van der Waals surface area contributed by atoms with Crippen LogP contribution in [0.25, 0.3) is 0 Å². The second kappa shape index (κ2) is 6.20. The Balaban J connectivity index is 2.15. The van der Waals surface area contributed by atoms with Gasteiger partial charge in [-0.3, -0.25) is 4.90 Å². The molecule has 1 saturated heterocycles. The Morgan fingerprint density at radius 1 is 1.30 bits per heavy atom. The van der Waals surface area contributed by atoms with Crippen molar-refractivity contribution in [2.45, 2.75) is 25.9 Å². The monoisotopic (exact) mass is 298 g/mol. The summed E-state index contributed by atoms with van der Waals surface area (Å²) in [5.41, 5.74) is 1.30. The molecule has 1 aromatic carbocycles. The average molecular weight is 299 g/mol. The van der Waals surface area contributed by atoms with Gasteiger partial charge in [0.25, 0.3) is 0 Å². The molecule has 20 heavy (non-hydrogen) atoms. The molecular formula is C15H23ClN2O2. The molecule has 1 aromatic rings. The summed E-state index contributed by atoms with van der Waals surface area (Å²) in [4.78, 5) is 2.42. The van der Waals surface area contributed by atoms with E-state index in [1.807, 2.05) is 12.1 Å². The van der Waals surface area contributed by atoms with Crippen molar-refractivity contribution in [3.8, 4) is 11.5 Å². The van der Waals surface area contributed by atoms with E-state index < -0.39 is 0 Å². The van der Waals surface area contributed by atoms with E-state index in [-0.39, 0.29) is 5.54 Å². The highest BCUT2D eigenvalue weighted by Crippen LogP contribution is 2.36. The molecule has 2 rings (SSSR count). The topological polar surface area (TPSA) is 33.7 Å². The number of halogens is 1. The number of benzene rings is 1. The predicted molar refractivity (Wildman–Crippen MR) is 81.9 cm³/mol. The van der Waals surface area contributed by atoms with Crippen LogP contribution in [0.2, 0.25) is 5.02 Å². The van der Waals surface area contributed by atoms with Crippen LogP contribution in [0.4, 0.5) is 0 Å². The molecule has 1 aliphatic rings. The number of nitrogens with zero attached hydrogens (tertiary/aromatic N) is 1. The number of hydrogen-bond donors (Lipinski definition) is 1. The van der Waals surface area contributed by atoms with Crippen molar-refractivity contribution < 1.29 is 9.47 Å². The van der Waals surface area contributed by atoms with Crippen molar-refractivity contribution in [3.63, 3.8) is 0 Å². The largest absolute Gasteiger partial charge is 0.493 e. The van der Waals surface area contributed by atoms with Crippen LogP contribution >= 0.6 is 11.6 Å². The van der Waals surface area contributed by atoms with Crippen molar-refractivity contribution in [2.75, 3.05) is 33.9 Å². The fourth-order valence-electron chi connectivity index (χ4n) is 2.70. The number of rotatable bonds is 4. The third-order valence-corrected chi connectivity index (χ3v) is 3.83. The van der Waals surface area contributed by atoms with Crippen LogP contribution in [-0.4, -0.2) is 44.3 Å². The lowest BCUT2D eigenvalue weighted by Gasteiger charge is -2.39. The molecule has 0 aromatic heterocycles. The van der Waals surface area contributed by atoms with Gasteiger partial charge in [-0.05, 0) is 31.5 Å². The molecule has 0 atom stereocenters. The Morgan fingerprint density at radius 3 is 2.65 bits per heavy atom. The SMILES string of the molecule is COc1cc(CN2CCNC(C)(C)C2)cc(Cl)c1OC. The standard InChI is InChI=1S/C15H23ClN2O2/c1-15(2)10-18(6-5-17-15)9-11-7-12(16)14(20-4)13(8-11)19-3/h7-8,17H,5-6,9-10H2,1-4H3. The highest BCUT2D eigenvalue weighted by atomic mass is 35.5.